The Morgan fingerprint density at radius 3 is 2.59 bits per heavy atom. The van der Waals surface area contributed by atoms with Gasteiger partial charge in [0.2, 0.25) is 5.91 Å². The second-order valence-electron chi connectivity index (χ2n) is 5.96. The summed E-state index contributed by atoms with van der Waals surface area (Å²) in [5.74, 6) is -0.998. The quantitative estimate of drug-likeness (QED) is 0.408. The number of benzene rings is 1. The number of amides is 4. The highest BCUT2D eigenvalue weighted by Crippen LogP contribution is 2.16. The number of fused-ring (bicyclic) bond motifs is 1. The van der Waals surface area contributed by atoms with Gasteiger partial charge < -0.3 is 26.7 Å². The van der Waals surface area contributed by atoms with Crippen LogP contribution in [0.1, 0.15) is 16.8 Å². The molecule has 4 amide bonds. The number of anilines is 2. The molecule has 0 unspecified atom stereocenters. The third-order valence-electron chi connectivity index (χ3n) is 3.79. The normalized spacial score (nSPS) is 10.3. The molecule has 0 aliphatic heterocycles. The van der Waals surface area contributed by atoms with E-state index in [1.165, 1.54) is 18.6 Å². The number of aromatic nitrogens is 3. The fraction of sp³-hybridized carbons (Fsp3) is 0.111. The van der Waals surface area contributed by atoms with E-state index < -0.39 is 23.4 Å². The molecule has 0 fully saturated rings. The first-order chi connectivity index (χ1) is 13.9. The van der Waals surface area contributed by atoms with Crippen LogP contribution < -0.4 is 27.2 Å². The van der Waals surface area contributed by atoms with Crippen LogP contribution >= 0.6 is 0 Å². The van der Waals surface area contributed by atoms with Crippen molar-refractivity contribution in [2.75, 3.05) is 17.2 Å². The summed E-state index contributed by atoms with van der Waals surface area (Å²) >= 11 is 0. The standard InChI is InChI=1S/C18H17N7O4/c19-14(26)4-5-20-18(29)25-12-3-1-2-11(7-12)24-16(27)10-6-13-15(21-8-10)22-9-23-17(13)28/h1-3,6-9H,4-5H2,(H2,19,26)(H,24,27)(H2,20,25,29)(H,21,22,23,28). The molecular formula is C18H17N7O4. The number of urea groups is 1. The Kier molecular flexibility index (Phi) is 5.78. The lowest BCUT2D eigenvalue weighted by molar-refractivity contribution is -0.117. The van der Waals surface area contributed by atoms with Crippen LogP contribution in [0.25, 0.3) is 11.0 Å². The van der Waals surface area contributed by atoms with E-state index in [2.05, 4.69) is 30.9 Å². The monoisotopic (exact) mass is 395 g/mol. The number of H-pyrrole nitrogens is 1. The van der Waals surface area contributed by atoms with Crippen molar-refractivity contribution in [2.24, 2.45) is 5.73 Å². The summed E-state index contributed by atoms with van der Waals surface area (Å²) in [4.78, 5) is 57.2. The summed E-state index contributed by atoms with van der Waals surface area (Å²) in [6.45, 7) is 0.112. The lowest BCUT2D eigenvalue weighted by Crippen LogP contribution is -2.31. The van der Waals surface area contributed by atoms with Gasteiger partial charge in [-0.1, -0.05) is 6.07 Å². The minimum atomic E-state index is -0.518. The molecule has 6 N–H and O–H groups in total. The van der Waals surface area contributed by atoms with Gasteiger partial charge in [-0.25, -0.2) is 14.8 Å². The third kappa shape index (κ3) is 5.13. The number of nitrogens with zero attached hydrogens (tertiary/aromatic N) is 2. The first kappa shape index (κ1) is 19.5. The van der Waals surface area contributed by atoms with Crippen LogP contribution in [-0.2, 0) is 4.79 Å². The van der Waals surface area contributed by atoms with Crippen molar-refractivity contribution in [3.63, 3.8) is 0 Å². The van der Waals surface area contributed by atoms with E-state index in [1.54, 1.807) is 24.3 Å². The molecule has 29 heavy (non-hydrogen) atoms. The van der Waals surface area contributed by atoms with E-state index in [4.69, 9.17) is 5.73 Å². The summed E-state index contributed by atoms with van der Waals surface area (Å²) in [5, 5.41) is 7.93. The molecule has 11 nitrogen and oxygen atoms in total. The Balaban J connectivity index is 1.67. The van der Waals surface area contributed by atoms with Gasteiger partial charge in [0.15, 0.2) is 5.65 Å². The smallest absolute Gasteiger partial charge is 0.319 e. The van der Waals surface area contributed by atoms with Crippen molar-refractivity contribution in [1.29, 1.82) is 0 Å². The van der Waals surface area contributed by atoms with E-state index >= 15 is 0 Å². The van der Waals surface area contributed by atoms with Crippen molar-refractivity contribution in [3.8, 4) is 0 Å². The minimum Gasteiger partial charge on any atom is -0.370 e. The number of nitrogens with one attached hydrogen (secondary N) is 4. The van der Waals surface area contributed by atoms with Crippen LogP contribution in [0.2, 0.25) is 0 Å². The van der Waals surface area contributed by atoms with Gasteiger partial charge in [0.1, 0.15) is 0 Å². The van der Waals surface area contributed by atoms with Crippen molar-refractivity contribution in [2.45, 2.75) is 6.42 Å². The van der Waals surface area contributed by atoms with Crippen LogP contribution in [0.15, 0.2) is 47.7 Å². The highest BCUT2D eigenvalue weighted by molar-refractivity contribution is 6.05. The largest absolute Gasteiger partial charge is 0.370 e. The van der Waals surface area contributed by atoms with Crippen LogP contribution in [0.3, 0.4) is 0 Å². The van der Waals surface area contributed by atoms with Crippen molar-refractivity contribution in [3.05, 3.63) is 58.8 Å². The Labute approximate surface area is 163 Å². The summed E-state index contributed by atoms with van der Waals surface area (Å²) in [6.07, 6.45) is 2.58. The molecule has 2 heterocycles. The summed E-state index contributed by atoms with van der Waals surface area (Å²) in [7, 11) is 0. The molecule has 0 radical (unpaired) electrons. The number of pyridine rings is 1. The van der Waals surface area contributed by atoms with Gasteiger partial charge in [-0.05, 0) is 24.3 Å². The SMILES string of the molecule is NC(=O)CCNC(=O)Nc1cccc(NC(=O)c2cnc3nc[nH]c(=O)c3c2)c1. The predicted octanol–water partition coefficient (Wildman–Crippen LogP) is 0.567. The van der Waals surface area contributed by atoms with Crippen molar-refractivity contribution < 1.29 is 14.4 Å². The van der Waals surface area contributed by atoms with E-state index in [0.29, 0.717) is 11.4 Å². The number of hydrogen-bond donors (Lipinski definition) is 5. The molecule has 0 bridgehead atoms. The highest BCUT2D eigenvalue weighted by atomic mass is 16.2. The first-order valence-corrected chi connectivity index (χ1v) is 8.50. The third-order valence-corrected chi connectivity index (χ3v) is 3.79. The number of hydrogen-bond acceptors (Lipinski definition) is 6. The summed E-state index contributed by atoms with van der Waals surface area (Å²) < 4.78 is 0. The minimum absolute atomic E-state index is 0.0294. The van der Waals surface area contributed by atoms with Gasteiger partial charge in [-0.3, -0.25) is 14.4 Å². The van der Waals surface area contributed by atoms with Gasteiger partial charge in [0, 0.05) is 30.5 Å². The Bertz CT molecular complexity index is 1140. The van der Waals surface area contributed by atoms with Crippen LogP contribution in [0, 0.1) is 0 Å². The van der Waals surface area contributed by atoms with Crippen LogP contribution in [0.5, 0.6) is 0 Å². The van der Waals surface area contributed by atoms with Gasteiger partial charge in [0.25, 0.3) is 11.5 Å². The zero-order valence-electron chi connectivity index (χ0n) is 15.1. The zero-order chi connectivity index (χ0) is 20.8. The van der Waals surface area contributed by atoms with Gasteiger partial charge in [0.05, 0.1) is 17.3 Å². The molecule has 11 heteroatoms. The second kappa shape index (κ2) is 8.61. The molecule has 0 aliphatic carbocycles. The average molecular weight is 395 g/mol. The van der Waals surface area contributed by atoms with Gasteiger partial charge >= 0.3 is 6.03 Å². The summed E-state index contributed by atoms with van der Waals surface area (Å²) in [5.41, 5.74) is 5.87. The molecule has 0 atom stereocenters. The number of carbonyl (C=O) groups excluding carboxylic acids is 3. The Morgan fingerprint density at radius 1 is 1.07 bits per heavy atom. The first-order valence-electron chi connectivity index (χ1n) is 8.50. The maximum atomic E-state index is 12.5. The molecule has 0 aliphatic rings. The van der Waals surface area contributed by atoms with E-state index in [-0.39, 0.29) is 29.6 Å². The maximum absolute atomic E-state index is 12.5. The number of aromatic amines is 1. The molecule has 1 aromatic carbocycles. The number of primary amides is 1. The zero-order valence-corrected chi connectivity index (χ0v) is 15.1. The highest BCUT2D eigenvalue weighted by Gasteiger charge is 2.11. The lowest BCUT2D eigenvalue weighted by atomic mass is 10.2. The van der Waals surface area contributed by atoms with Gasteiger partial charge in [-0.2, -0.15) is 0 Å². The Hall–Kier alpha value is -4.28. The van der Waals surface area contributed by atoms with Gasteiger partial charge in [-0.15, -0.1) is 0 Å². The van der Waals surface area contributed by atoms with E-state index in [9.17, 15) is 19.2 Å². The molecule has 3 rings (SSSR count). The molecule has 2 aromatic heterocycles. The van der Waals surface area contributed by atoms with E-state index in [0.717, 1.165) is 0 Å². The van der Waals surface area contributed by atoms with E-state index in [1.807, 2.05) is 0 Å². The second-order valence-corrected chi connectivity index (χ2v) is 5.96. The molecule has 148 valence electrons. The Morgan fingerprint density at radius 2 is 1.83 bits per heavy atom. The molecule has 0 saturated heterocycles. The van der Waals surface area contributed by atoms with Crippen LogP contribution in [0.4, 0.5) is 16.2 Å². The number of rotatable bonds is 6. The predicted molar refractivity (Wildman–Crippen MR) is 105 cm³/mol. The number of carbonyl (C=O) groups is 3. The molecular weight excluding hydrogens is 378 g/mol. The van der Waals surface area contributed by atoms with Crippen LogP contribution in [-0.4, -0.2) is 39.3 Å². The average Bonchev–Trinajstić information content (AvgIpc) is 2.68. The topological polar surface area (TPSA) is 172 Å². The van der Waals surface area contributed by atoms with Crippen molar-refractivity contribution >= 4 is 40.3 Å². The maximum Gasteiger partial charge on any atom is 0.319 e. The molecule has 3 aromatic rings. The molecule has 0 saturated carbocycles. The molecule has 0 spiro atoms. The summed E-state index contributed by atoms with van der Waals surface area (Å²) in [6, 6.07) is 7.34. The fourth-order valence-corrected chi connectivity index (χ4v) is 2.43. The number of nitrogens with two attached hydrogens (primary N) is 1. The lowest BCUT2D eigenvalue weighted by Gasteiger charge is -2.10. The fourth-order valence-electron chi connectivity index (χ4n) is 2.43. The van der Waals surface area contributed by atoms with Crippen molar-refractivity contribution in [1.82, 2.24) is 20.3 Å².